The number of carbonyl (C=O) groups is 1. The van der Waals surface area contributed by atoms with Crippen molar-refractivity contribution in [3.63, 3.8) is 0 Å². The van der Waals surface area contributed by atoms with Gasteiger partial charge >= 0.3 is 0 Å². The van der Waals surface area contributed by atoms with E-state index >= 15 is 0 Å². The van der Waals surface area contributed by atoms with Crippen LogP contribution in [0.2, 0.25) is 5.02 Å². The van der Waals surface area contributed by atoms with Gasteiger partial charge in [0.2, 0.25) is 5.91 Å². The molecule has 0 saturated carbocycles. The van der Waals surface area contributed by atoms with E-state index in [1.807, 2.05) is 66.9 Å². The van der Waals surface area contributed by atoms with E-state index in [0.717, 1.165) is 28.3 Å². The summed E-state index contributed by atoms with van der Waals surface area (Å²) >= 11 is 6.02. The van der Waals surface area contributed by atoms with Crippen LogP contribution < -0.4 is 10.9 Å². The summed E-state index contributed by atoms with van der Waals surface area (Å²) in [5.74, 6) is -0.223. The van der Waals surface area contributed by atoms with Gasteiger partial charge in [-0.3, -0.25) is 9.59 Å². The molecule has 2 heterocycles. The average molecular weight is 423 g/mol. The molecule has 0 spiro atoms. The van der Waals surface area contributed by atoms with Crippen LogP contribution in [0.3, 0.4) is 0 Å². The van der Waals surface area contributed by atoms with Gasteiger partial charge in [0.1, 0.15) is 12.1 Å². The molecule has 0 aliphatic heterocycles. The Morgan fingerprint density at radius 1 is 1.13 bits per heavy atom. The lowest BCUT2D eigenvalue weighted by Crippen LogP contribution is -2.38. The molecule has 0 unspecified atom stereocenters. The third-order valence-corrected chi connectivity index (χ3v) is 5.59. The first-order chi connectivity index (χ1) is 14.5. The molecular weight excluding hydrogens is 400 g/mol. The molecule has 154 valence electrons. The summed E-state index contributed by atoms with van der Waals surface area (Å²) < 4.78 is 3.22. The van der Waals surface area contributed by atoms with Gasteiger partial charge in [0.05, 0.1) is 6.20 Å². The second-order valence-corrected chi connectivity index (χ2v) is 7.91. The van der Waals surface area contributed by atoms with E-state index in [1.165, 1.54) is 4.68 Å². The number of hydrogen-bond donors (Lipinski definition) is 1. The number of aromatic nitrogens is 3. The van der Waals surface area contributed by atoms with Gasteiger partial charge in [-0.05, 0) is 37.1 Å². The first-order valence-electron chi connectivity index (χ1n) is 9.98. The summed E-state index contributed by atoms with van der Waals surface area (Å²) in [5.41, 5.74) is 2.23. The lowest BCUT2D eigenvalue weighted by molar-refractivity contribution is -0.122. The number of nitrogens with one attached hydrogen (secondary N) is 1. The standard InChI is InChI=1S/C23H23ClN4O2/c1-3-15(2)26-21(29)14-28-23(30)22-19(12-25-28)18-6-4-5-7-20(18)27(22)13-16-8-10-17(24)11-9-16/h4-12,15H,3,13-14H2,1-2H3,(H,26,29)/t15-/m0/s1. The number of nitrogens with zero attached hydrogens (tertiary/aromatic N) is 3. The first-order valence-corrected chi connectivity index (χ1v) is 10.4. The monoisotopic (exact) mass is 422 g/mol. The number of rotatable bonds is 6. The summed E-state index contributed by atoms with van der Waals surface area (Å²) in [6, 6.07) is 15.5. The van der Waals surface area contributed by atoms with Crippen LogP contribution >= 0.6 is 11.6 Å². The Morgan fingerprint density at radius 3 is 2.60 bits per heavy atom. The predicted molar refractivity (Wildman–Crippen MR) is 120 cm³/mol. The largest absolute Gasteiger partial charge is 0.352 e. The van der Waals surface area contributed by atoms with E-state index in [1.54, 1.807) is 6.20 Å². The Kier molecular flexibility index (Phi) is 5.59. The van der Waals surface area contributed by atoms with E-state index < -0.39 is 0 Å². The number of halogens is 1. The average Bonchev–Trinajstić information content (AvgIpc) is 3.06. The van der Waals surface area contributed by atoms with Gasteiger partial charge in [-0.15, -0.1) is 0 Å². The molecule has 0 bridgehead atoms. The fourth-order valence-corrected chi connectivity index (χ4v) is 3.73. The predicted octanol–water partition coefficient (Wildman–Crippen LogP) is 3.97. The molecule has 1 atom stereocenters. The SMILES string of the molecule is CC[C@H](C)NC(=O)Cn1ncc2c3ccccc3n(Cc3ccc(Cl)cc3)c2c1=O. The van der Waals surface area contributed by atoms with Crippen LogP contribution in [-0.2, 0) is 17.9 Å². The van der Waals surface area contributed by atoms with Crippen LogP contribution in [0.25, 0.3) is 21.8 Å². The molecule has 0 aliphatic carbocycles. The molecule has 7 heteroatoms. The molecule has 4 aromatic rings. The van der Waals surface area contributed by atoms with Crippen molar-refractivity contribution >= 4 is 39.3 Å². The molecule has 0 radical (unpaired) electrons. The van der Waals surface area contributed by atoms with E-state index in [9.17, 15) is 9.59 Å². The van der Waals surface area contributed by atoms with Gasteiger partial charge in [-0.25, -0.2) is 4.68 Å². The maximum atomic E-state index is 13.3. The number of hydrogen-bond acceptors (Lipinski definition) is 3. The van der Waals surface area contributed by atoms with Gasteiger partial charge < -0.3 is 9.88 Å². The van der Waals surface area contributed by atoms with Crippen LogP contribution in [0.15, 0.2) is 59.5 Å². The zero-order valence-corrected chi connectivity index (χ0v) is 17.7. The fourth-order valence-electron chi connectivity index (χ4n) is 3.60. The third kappa shape index (κ3) is 3.83. The summed E-state index contributed by atoms with van der Waals surface area (Å²) in [5, 5.41) is 9.56. The van der Waals surface area contributed by atoms with Crippen LogP contribution in [0, 0.1) is 0 Å². The zero-order chi connectivity index (χ0) is 21.3. The second kappa shape index (κ2) is 8.32. The second-order valence-electron chi connectivity index (χ2n) is 7.48. The van der Waals surface area contributed by atoms with Crippen LogP contribution in [0.5, 0.6) is 0 Å². The molecule has 0 fully saturated rings. The maximum absolute atomic E-state index is 13.3. The van der Waals surface area contributed by atoms with Gasteiger partial charge in [0.15, 0.2) is 0 Å². The van der Waals surface area contributed by atoms with Crippen LogP contribution in [0.4, 0.5) is 0 Å². The van der Waals surface area contributed by atoms with Crippen molar-refractivity contribution < 1.29 is 4.79 Å². The van der Waals surface area contributed by atoms with Gasteiger partial charge in [-0.1, -0.05) is 48.9 Å². The van der Waals surface area contributed by atoms with Crippen molar-refractivity contribution in [3.8, 4) is 0 Å². The van der Waals surface area contributed by atoms with Gasteiger partial charge in [-0.2, -0.15) is 5.10 Å². The lowest BCUT2D eigenvalue weighted by atomic mass is 10.2. The Labute approximate surface area is 179 Å². The quantitative estimate of drug-likeness (QED) is 0.511. The molecule has 0 aliphatic rings. The minimum Gasteiger partial charge on any atom is -0.352 e. The Bertz CT molecular complexity index is 1270. The smallest absolute Gasteiger partial charge is 0.291 e. The molecule has 6 nitrogen and oxygen atoms in total. The van der Waals surface area contributed by atoms with E-state index in [4.69, 9.17) is 11.6 Å². The van der Waals surface area contributed by atoms with E-state index in [2.05, 4.69) is 10.4 Å². The van der Waals surface area contributed by atoms with E-state index in [0.29, 0.717) is 17.1 Å². The minimum absolute atomic E-state index is 0.0493. The normalized spacial score (nSPS) is 12.4. The van der Waals surface area contributed by atoms with E-state index in [-0.39, 0.29) is 24.1 Å². The van der Waals surface area contributed by atoms with Gasteiger partial charge in [0.25, 0.3) is 5.56 Å². The molecule has 2 aromatic carbocycles. The Hall–Kier alpha value is -3.12. The molecule has 1 N–H and O–H groups in total. The maximum Gasteiger partial charge on any atom is 0.291 e. The van der Waals surface area contributed by atoms with Crippen molar-refractivity contribution in [3.05, 3.63) is 75.7 Å². The molecule has 30 heavy (non-hydrogen) atoms. The van der Waals surface area contributed by atoms with Crippen LogP contribution in [0.1, 0.15) is 25.8 Å². The Balaban J connectivity index is 1.82. The van der Waals surface area contributed by atoms with Gasteiger partial charge in [0, 0.05) is 33.9 Å². The van der Waals surface area contributed by atoms with Crippen molar-refractivity contribution in [2.24, 2.45) is 0 Å². The molecular formula is C23H23ClN4O2. The summed E-state index contributed by atoms with van der Waals surface area (Å²) in [6.45, 7) is 4.33. The van der Waals surface area contributed by atoms with Crippen molar-refractivity contribution in [1.82, 2.24) is 19.7 Å². The number of benzene rings is 2. The highest BCUT2D eigenvalue weighted by atomic mass is 35.5. The topological polar surface area (TPSA) is 68.9 Å². The molecule has 0 saturated heterocycles. The van der Waals surface area contributed by atoms with Crippen molar-refractivity contribution in [2.75, 3.05) is 0 Å². The van der Waals surface area contributed by atoms with Crippen molar-refractivity contribution in [2.45, 2.75) is 39.4 Å². The Morgan fingerprint density at radius 2 is 1.87 bits per heavy atom. The highest BCUT2D eigenvalue weighted by molar-refractivity contribution is 6.30. The fraction of sp³-hybridized carbons (Fsp3) is 0.261. The number of fused-ring (bicyclic) bond motifs is 3. The number of carbonyl (C=O) groups excluding carboxylic acids is 1. The number of amides is 1. The lowest BCUT2D eigenvalue weighted by Gasteiger charge is -2.12. The highest BCUT2D eigenvalue weighted by Gasteiger charge is 2.17. The number of para-hydroxylation sites is 1. The molecule has 4 rings (SSSR count). The summed E-state index contributed by atoms with van der Waals surface area (Å²) in [7, 11) is 0. The first kappa shape index (κ1) is 20.2. The minimum atomic E-state index is -0.281. The van der Waals surface area contributed by atoms with Crippen molar-refractivity contribution in [1.29, 1.82) is 0 Å². The summed E-state index contributed by atoms with van der Waals surface area (Å²) in [6.07, 6.45) is 2.50. The van der Waals surface area contributed by atoms with Crippen LogP contribution in [-0.4, -0.2) is 26.3 Å². The molecule has 1 amide bonds. The highest BCUT2D eigenvalue weighted by Crippen LogP contribution is 2.27. The molecule has 2 aromatic heterocycles. The zero-order valence-electron chi connectivity index (χ0n) is 16.9. The third-order valence-electron chi connectivity index (χ3n) is 5.34. The summed E-state index contributed by atoms with van der Waals surface area (Å²) in [4.78, 5) is 25.7.